The topological polar surface area (TPSA) is 83.7 Å². The minimum atomic E-state index is -0.306. The van der Waals surface area contributed by atoms with Crippen molar-refractivity contribution in [2.75, 3.05) is 20.1 Å². The Bertz CT molecular complexity index is 907. The molecule has 3 amide bonds. The van der Waals surface area contributed by atoms with Gasteiger partial charge in [0.05, 0.1) is 17.7 Å². The van der Waals surface area contributed by atoms with Crippen molar-refractivity contribution in [3.8, 4) is 0 Å². The molecule has 0 saturated heterocycles. The first-order valence-corrected chi connectivity index (χ1v) is 9.23. The van der Waals surface area contributed by atoms with Gasteiger partial charge in [0.1, 0.15) is 0 Å². The lowest BCUT2D eigenvalue weighted by Crippen LogP contribution is -2.39. The van der Waals surface area contributed by atoms with Crippen LogP contribution < -0.4 is 5.73 Å². The van der Waals surface area contributed by atoms with Crippen molar-refractivity contribution in [3.05, 3.63) is 70.8 Å². The highest BCUT2D eigenvalue weighted by molar-refractivity contribution is 6.21. The van der Waals surface area contributed by atoms with Crippen LogP contribution in [0.2, 0.25) is 0 Å². The second-order valence-electron chi connectivity index (χ2n) is 7.97. The monoisotopic (exact) mass is 415 g/mol. The second-order valence-corrected chi connectivity index (χ2v) is 7.97. The van der Waals surface area contributed by atoms with Crippen molar-refractivity contribution < 1.29 is 14.4 Å². The molecule has 0 unspecified atom stereocenters. The zero-order valence-corrected chi connectivity index (χ0v) is 17.7. The number of rotatable bonds is 6. The summed E-state index contributed by atoms with van der Waals surface area (Å²) in [6, 6.07) is 13.8. The molecular weight excluding hydrogens is 390 g/mol. The summed E-state index contributed by atoms with van der Waals surface area (Å²) in [6.07, 6.45) is 0. The summed E-state index contributed by atoms with van der Waals surface area (Å²) in [5.41, 5.74) is 7.67. The van der Waals surface area contributed by atoms with Crippen LogP contribution in [-0.2, 0) is 6.54 Å². The Morgan fingerprint density at radius 1 is 1.03 bits per heavy atom. The second kappa shape index (κ2) is 8.76. The lowest BCUT2D eigenvalue weighted by atomic mass is 9.93. The molecule has 0 bridgehead atoms. The van der Waals surface area contributed by atoms with E-state index < -0.39 is 0 Å². The zero-order chi connectivity index (χ0) is 20.5. The van der Waals surface area contributed by atoms with Gasteiger partial charge in [-0.3, -0.25) is 19.3 Å². The summed E-state index contributed by atoms with van der Waals surface area (Å²) < 4.78 is 0. The summed E-state index contributed by atoms with van der Waals surface area (Å²) in [4.78, 5) is 40.7. The number of nitrogens with two attached hydrogens (primary N) is 1. The number of hydrogen-bond acceptors (Lipinski definition) is 4. The Morgan fingerprint density at radius 2 is 1.62 bits per heavy atom. The van der Waals surface area contributed by atoms with E-state index >= 15 is 0 Å². The fourth-order valence-electron chi connectivity index (χ4n) is 3.37. The van der Waals surface area contributed by atoms with Crippen LogP contribution in [-0.4, -0.2) is 47.7 Å². The molecule has 0 radical (unpaired) electrons. The molecule has 0 spiro atoms. The molecule has 0 fully saturated rings. The predicted octanol–water partition coefficient (Wildman–Crippen LogP) is 2.96. The highest BCUT2D eigenvalue weighted by atomic mass is 35.5. The van der Waals surface area contributed by atoms with Gasteiger partial charge in [0, 0.05) is 19.2 Å². The number of benzene rings is 2. The first-order valence-electron chi connectivity index (χ1n) is 9.23. The largest absolute Gasteiger partial charge is 0.341 e. The first kappa shape index (κ1) is 22.6. The molecule has 1 aliphatic rings. The molecule has 0 aliphatic carbocycles. The number of hydrogen-bond donors (Lipinski definition) is 1. The van der Waals surface area contributed by atoms with Crippen molar-refractivity contribution in [1.29, 1.82) is 0 Å². The highest BCUT2D eigenvalue weighted by Gasteiger charge is 2.35. The van der Waals surface area contributed by atoms with Crippen molar-refractivity contribution >= 4 is 30.1 Å². The minimum absolute atomic E-state index is 0. The Morgan fingerprint density at radius 3 is 2.17 bits per heavy atom. The van der Waals surface area contributed by atoms with E-state index in [0.29, 0.717) is 29.8 Å². The SMILES string of the molecule is CN(CC(C)(C)CN)C(=O)c1cccc(CN2C(=O)c3ccccc3C2=O)c1.Cl. The molecule has 2 aromatic carbocycles. The van der Waals surface area contributed by atoms with E-state index in [2.05, 4.69) is 0 Å². The third kappa shape index (κ3) is 4.66. The molecule has 0 saturated carbocycles. The summed E-state index contributed by atoms with van der Waals surface area (Å²) in [5.74, 6) is -0.732. The zero-order valence-electron chi connectivity index (χ0n) is 16.8. The van der Waals surface area contributed by atoms with E-state index in [1.807, 2.05) is 19.9 Å². The lowest BCUT2D eigenvalue weighted by molar-refractivity contribution is 0.0642. The van der Waals surface area contributed by atoms with Gasteiger partial charge < -0.3 is 10.6 Å². The Kier molecular flexibility index (Phi) is 6.82. The fraction of sp³-hybridized carbons (Fsp3) is 0.318. The summed E-state index contributed by atoms with van der Waals surface area (Å²) in [5, 5.41) is 0. The molecule has 154 valence electrons. The van der Waals surface area contributed by atoms with Crippen molar-refractivity contribution in [1.82, 2.24) is 9.80 Å². The lowest BCUT2D eigenvalue weighted by Gasteiger charge is -2.29. The van der Waals surface area contributed by atoms with Crippen LogP contribution in [0.3, 0.4) is 0 Å². The van der Waals surface area contributed by atoms with Gasteiger partial charge in [-0.1, -0.05) is 38.1 Å². The van der Waals surface area contributed by atoms with E-state index in [-0.39, 0.29) is 42.1 Å². The van der Waals surface area contributed by atoms with Gasteiger partial charge in [0.25, 0.3) is 17.7 Å². The number of carbonyl (C=O) groups is 3. The number of carbonyl (C=O) groups excluding carboxylic acids is 3. The van der Waals surface area contributed by atoms with Gasteiger partial charge in [0.2, 0.25) is 0 Å². The molecule has 3 rings (SSSR count). The average molecular weight is 416 g/mol. The van der Waals surface area contributed by atoms with E-state index in [1.165, 1.54) is 4.90 Å². The molecule has 1 heterocycles. The van der Waals surface area contributed by atoms with Crippen LogP contribution >= 0.6 is 12.4 Å². The van der Waals surface area contributed by atoms with Gasteiger partial charge in [-0.25, -0.2) is 0 Å². The van der Waals surface area contributed by atoms with Gasteiger partial charge in [0.15, 0.2) is 0 Å². The molecule has 0 aromatic heterocycles. The van der Waals surface area contributed by atoms with Gasteiger partial charge >= 0.3 is 0 Å². The maximum Gasteiger partial charge on any atom is 0.261 e. The molecule has 1 aliphatic heterocycles. The quantitative estimate of drug-likeness (QED) is 0.735. The molecule has 29 heavy (non-hydrogen) atoms. The minimum Gasteiger partial charge on any atom is -0.341 e. The summed E-state index contributed by atoms with van der Waals surface area (Å²) >= 11 is 0. The molecule has 7 heteroatoms. The van der Waals surface area contributed by atoms with Crippen LogP contribution in [0.5, 0.6) is 0 Å². The van der Waals surface area contributed by atoms with Crippen molar-refractivity contribution in [3.63, 3.8) is 0 Å². The summed E-state index contributed by atoms with van der Waals surface area (Å²) in [7, 11) is 1.75. The summed E-state index contributed by atoms with van der Waals surface area (Å²) in [6.45, 7) is 5.16. The van der Waals surface area contributed by atoms with Crippen molar-refractivity contribution in [2.24, 2.45) is 11.1 Å². The maximum atomic E-state index is 12.8. The molecule has 2 N–H and O–H groups in total. The van der Waals surface area contributed by atoms with E-state index in [0.717, 1.165) is 5.56 Å². The first-order chi connectivity index (χ1) is 13.2. The Hall–Kier alpha value is -2.70. The van der Waals surface area contributed by atoms with Gasteiger partial charge in [-0.2, -0.15) is 0 Å². The number of nitrogens with zero attached hydrogens (tertiary/aromatic N) is 2. The third-order valence-corrected chi connectivity index (χ3v) is 4.96. The van der Waals surface area contributed by atoms with Crippen LogP contribution in [0.15, 0.2) is 48.5 Å². The predicted molar refractivity (Wildman–Crippen MR) is 114 cm³/mol. The van der Waals surface area contributed by atoms with E-state index in [4.69, 9.17) is 5.73 Å². The average Bonchev–Trinajstić information content (AvgIpc) is 2.92. The molecule has 6 nitrogen and oxygen atoms in total. The van der Waals surface area contributed by atoms with Crippen LogP contribution in [0, 0.1) is 5.41 Å². The highest BCUT2D eigenvalue weighted by Crippen LogP contribution is 2.24. The molecule has 0 atom stereocenters. The van der Waals surface area contributed by atoms with E-state index in [1.54, 1.807) is 54.4 Å². The maximum absolute atomic E-state index is 12.8. The number of fused-ring (bicyclic) bond motifs is 1. The number of imide groups is 1. The van der Waals surface area contributed by atoms with Crippen LogP contribution in [0.4, 0.5) is 0 Å². The van der Waals surface area contributed by atoms with Gasteiger partial charge in [-0.15, -0.1) is 12.4 Å². The Balaban J connectivity index is 0.00000300. The molecule has 2 aromatic rings. The Labute approximate surface area is 177 Å². The number of halogens is 1. The smallest absolute Gasteiger partial charge is 0.261 e. The van der Waals surface area contributed by atoms with Crippen molar-refractivity contribution in [2.45, 2.75) is 20.4 Å². The van der Waals surface area contributed by atoms with Crippen LogP contribution in [0.25, 0.3) is 0 Å². The van der Waals surface area contributed by atoms with Crippen LogP contribution in [0.1, 0.15) is 50.5 Å². The molecular formula is C22H26ClN3O3. The van der Waals surface area contributed by atoms with E-state index in [9.17, 15) is 14.4 Å². The van der Waals surface area contributed by atoms with Gasteiger partial charge in [-0.05, 0) is 41.8 Å². The third-order valence-electron chi connectivity index (χ3n) is 4.96. The normalized spacial score (nSPS) is 13.2. The fourth-order valence-corrected chi connectivity index (χ4v) is 3.37. The standard InChI is InChI=1S/C22H25N3O3.ClH/c1-22(2,13-23)14-24(3)19(26)16-8-6-7-15(11-16)12-25-20(27)17-9-4-5-10-18(17)21(25)28;/h4-11H,12-14,23H2,1-3H3;1H. The number of amides is 3.